The normalized spacial score (nSPS) is 30.2. The van der Waals surface area contributed by atoms with Crippen LogP contribution in [0.5, 0.6) is 0 Å². The average Bonchev–Trinajstić information content (AvgIpc) is 2.32. The third kappa shape index (κ3) is 2.72. The molecule has 1 heterocycles. The van der Waals surface area contributed by atoms with Crippen LogP contribution in [0, 0.1) is 11.8 Å². The molecule has 1 aromatic carbocycles. The first kappa shape index (κ1) is 12.7. The zero-order valence-corrected chi connectivity index (χ0v) is 11.2. The van der Waals surface area contributed by atoms with E-state index in [1.165, 1.54) is 5.56 Å². The molecule has 0 aromatic heterocycles. The number of Topliss-reactive ketones (excluding diaryl/α,β-unsaturated/α-hetero) is 1. The molecule has 0 bridgehead atoms. The van der Waals surface area contributed by atoms with Crippen molar-refractivity contribution in [1.82, 2.24) is 4.31 Å². The summed E-state index contributed by atoms with van der Waals surface area (Å²) in [5.41, 5.74) is 1.29. The standard InChI is InChI=1S/C14H19NOS/c1-10-8-14(12-6-4-3-5-7-12)15(17)9-13(10)11(2)16/h3-7,10,13-14,17H,8-9H2,1-2H3/t10-,13-,14+/m1/s1. The number of benzene rings is 1. The Morgan fingerprint density at radius 3 is 2.59 bits per heavy atom. The van der Waals surface area contributed by atoms with Crippen molar-refractivity contribution >= 4 is 18.6 Å². The van der Waals surface area contributed by atoms with E-state index >= 15 is 0 Å². The lowest BCUT2D eigenvalue weighted by atomic mass is 9.80. The second-order valence-corrected chi connectivity index (χ2v) is 5.49. The fourth-order valence-electron chi connectivity index (χ4n) is 2.66. The van der Waals surface area contributed by atoms with E-state index in [0.29, 0.717) is 12.0 Å². The predicted octanol–water partition coefficient (Wildman–Crippen LogP) is 3.12. The third-order valence-electron chi connectivity index (χ3n) is 3.73. The molecule has 0 amide bonds. The van der Waals surface area contributed by atoms with Gasteiger partial charge in [0.1, 0.15) is 5.78 Å². The molecule has 0 spiro atoms. The topological polar surface area (TPSA) is 20.3 Å². The van der Waals surface area contributed by atoms with Crippen molar-refractivity contribution in [3.05, 3.63) is 35.9 Å². The van der Waals surface area contributed by atoms with Crippen molar-refractivity contribution in [1.29, 1.82) is 0 Å². The van der Waals surface area contributed by atoms with Gasteiger partial charge in [-0.05, 0) is 24.8 Å². The Hall–Kier alpha value is -0.800. The van der Waals surface area contributed by atoms with Gasteiger partial charge in [0.2, 0.25) is 0 Å². The number of hydrogen-bond donors (Lipinski definition) is 1. The van der Waals surface area contributed by atoms with Crippen LogP contribution in [0.1, 0.15) is 31.9 Å². The quantitative estimate of drug-likeness (QED) is 0.813. The highest BCUT2D eigenvalue weighted by molar-refractivity contribution is 7.77. The van der Waals surface area contributed by atoms with E-state index in [0.717, 1.165) is 13.0 Å². The zero-order chi connectivity index (χ0) is 12.4. The van der Waals surface area contributed by atoms with Gasteiger partial charge in [-0.3, -0.25) is 4.79 Å². The van der Waals surface area contributed by atoms with Crippen LogP contribution < -0.4 is 0 Å². The summed E-state index contributed by atoms with van der Waals surface area (Å²) in [6.45, 7) is 4.60. The minimum absolute atomic E-state index is 0.132. The number of carbonyl (C=O) groups is 1. The van der Waals surface area contributed by atoms with Crippen LogP contribution in [0.2, 0.25) is 0 Å². The Morgan fingerprint density at radius 2 is 2.00 bits per heavy atom. The highest BCUT2D eigenvalue weighted by atomic mass is 32.1. The maximum absolute atomic E-state index is 11.5. The van der Waals surface area contributed by atoms with Gasteiger partial charge in [0.25, 0.3) is 0 Å². The van der Waals surface area contributed by atoms with Gasteiger partial charge in [0, 0.05) is 18.5 Å². The van der Waals surface area contributed by atoms with Crippen LogP contribution >= 0.6 is 12.8 Å². The lowest BCUT2D eigenvalue weighted by Gasteiger charge is -2.39. The summed E-state index contributed by atoms with van der Waals surface area (Å²) < 4.78 is 2.02. The van der Waals surface area contributed by atoms with Crippen LogP contribution in [0.3, 0.4) is 0 Å². The molecule has 17 heavy (non-hydrogen) atoms. The van der Waals surface area contributed by atoms with Crippen molar-refractivity contribution in [2.75, 3.05) is 6.54 Å². The van der Waals surface area contributed by atoms with Gasteiger partial charge in [-0.2, -0.15) is 0 Å². The first-order valence-electron chi connectivity index (χ1n) is 6.10. The Labute approximate surface area is 109 Å². The summed E-state index contributed by atoms with van der Waals surface area (Å²) in [6, 6.07) is 10.7. The number of carbonyl (C=O) groups excluding carboxylic acids is 1. The summed E-state index contributed by atoms with van der Waals surface area (Å²) in [7, 11) is 0. The number of rotatable bonds is 2. The molecule has 0 unspecified atom stereocenters. The molecule has 1 saturated heterocycles. The van der Waals surface area contributed by atoms with E-state index in [4.69, 9.17) is 0 Å². The minimum Gasteiger partial charge on any atom is -0.300 e. The van der Waals surface area contributed by atoms with Gasteiger partial charge < -0.3 is 0 Å². The molecular weight excluding hydrogens is 230 g/mol. The summed E-state index contributed by atoms with van der Waals surface area (Å²) in [6.07, 6.45) is 0.998. The monoisotopic (exact) mass is 249 g/mol. The maximum atomic E-state index is 11.5. The van der Waals surface area contributed by atoms with E-state index in [1.54, 1.807) is 6.92 Å². The average molecular weight is 249 g/mol. The second kappa shape index (κ2) is 5.23. The van der Waals surface area contributed by atoms with Crippen molar-refractivity contribution in [2.45, 2.75) is 26.3 Å². The van der Waals surface area contributed by atoms with Crippen molar-refractivity contribution in [3.63, 3.8) is 0 Å². The molecule has 3 atom stereocenters. The number of thiol groups is 1. The first-order valence-corrected chi connectivity index (χ1v) is 6.50. The van der Waals surface area contributed by atoms with E-state index < -0.39 is 0 Å². The van der Waals surface area contributed by atoms with E-state index in [9.17, 15) is 4.79 Å². The van der Waals surface area contributed by atoms with E-state index in [1.807, 2.05) is 10.4 Å². The van der Waals surface area contributed by atoms with Crippen LogP contribution in [0.15, 0.2) is 30.3 Å². The van der Waals surface area contributed by atoms with Crippen LogP contribution in [0.4, 0.5) is 0 Å². The van der Waals surface area contributed by atoms with Gasteiger partial charge in [0.05, 0.1) is 0 Å². The van der Waals surface area contributed by atoms with E-state index in [-0.39, 0.29) is 11.7 Å². The molecule has 2 nitrogen and oxygen atoms in total. The molecule has 1 aliphatic heterocycles. The predicted molar refractivity (Wildman–Crippen MR) is 72.8 cm³/mol. The lowest BCUT2D eigenvalue weighted by molar-refractivity contribution is -0.123. The fraction of sp³-hybridized carbons (Fsp3) is 0.500. The molecule has 2 rings (SSSR count). The molecule has 1 aromatic rings. The van der Waals surface area contributed by atoms with Crippen LogP contribution in [0.25, 0.3) is 0 Å². The van der Waals surface area contributed by atoms with E-state index in [2.05, 4.69) is 44.0 Å². The maximum Gasteiger partial charge on any atom is 0.134 e. The summed E-state index contributed by atoms with van der Waals surface area (Å²) in [5, 5.41) is 0. The highest BCUT2D eigenvalue weighted by Crippen LogP contribution is 2.38. The SMILES string of the molecule is CC(=O)[C@@H]1CN(S)[C@H](c2ccccc2)C[C@H]1C. The number of piperidine rings is 1. The number of hydrogen-bond acceptors (Lipinski definition) is 3. The summed E-state index contributed by atoms with van der Waals surface area (Å²) in [5.74, 6) is 0.844. The van der Waals surface area contributed by atoms with Gasteiger partial charge >= 0.3 is 0 Å². The van der Waals surface area contributed by atoms with Crippen molar-refractivity contribution < 1.29 is 4.79 Å². The molecule has 1 fully saturated rings. The van der Waals surface area contributed by atoms with Crippen molar-refractivity contribution in [3.8, 4) is 0 Å². The molecule has 0 aliphatic carbocycles. The molecule has 0 radical (unpaired) electrons. The largest absolute Gasteiger partial charge is 0.300 e. The van der Waals surface area contributed by atoms with Crippen molar-refractivity contribution in [2.24, 2.45) is 11.8 Å². The third-order valence-corrected chi connectivity index (χ3v) is 4.17. The van der Waals surface area contributed by atoms with Gasteiger partial charge in [-0.1, -0.05) is 50.1 Å². The first-order chi connectivity index (χ1) is 8.09. The smallest absolute Gasteiger partial charge is 0.134 e. The molecule has 0 N–H and O–H groups in total. The Kier molecular flexibility index (Phi) is 3.89. The molecular formula is C14H19NOS. The number of nitrogens with zero attached hydrogens (tertiary/aromatic N) is 1. The molecule has 3 heteroatoms. The van der Waals surface area contributed by atoms with Gasteiger partial charge in [0.15, 0.2) is 0 Å². The van der Waals surface area contributed by atoms with Crippen LogP contribution in [-0.2, 0) is 4.79 Å². The Bertz CT molecular complexity index is 392. The molecule has 0 saturated carbocycles. The second-order valence-electron chi connectivity index (χ2n) is 4.98. The molecule has 1 aliphatic rings. The highest BCUT2D eigenvalue weighted by Gasteiger charge is 2.34. The minimum atomic E-state index is 0.132. The molecule has 92 valence electrons. The lowest BCUT2D eigenvalue weighted by Crippen LogP contribution is -2.39. The zero-order valence-electron chi connectivity index (χ0n) is 10.3. The Morgan fingerprint density at radius 1 is 1.35 bits per heavy atom. The van der Waals surface area contributed by atoms with Gasteiger partial charge in [-0.25, -0.2) is 4.31 Å². The summed E-state index contributed by atoms with van der Waals surface area (Å²) in [4.78, 5) is 11.5. The number of ketones is 1. The summed E-state index contributed by atoms with van der Waals surface area (Å²) >= 11 is 4.54. The van der Waals surface area contributed by atoms with Gasteiger partial charge in [-0.15, -0.1) is 0 Å². The Balaban J connectivity index is 2.15. The fourth-order valence-corrected chi connectivity index (χ4v) is 3.06. The van der Waals surface area contributed by atoms with Crippen LogP contribution in [-0.4, -0.2) is 16.6 Å².